The van der Waals surface area contributed by atoms with Crippen molar-refractivity contribution in [3.05, 3.63) is 53.3 Å². The second-order valence-electron chi connectivity index (χ2n) is 5.91. The van der Waals surface area contributed by atoms with E-state index >= 15 is 0 Å². The van der Waals surface area contributed by atoms with Crippen molar-refractivity contribution in [1.29, 1.82) is 0 Å². The SMILES string of the molecule is CC[NH+](CC(=O)Nc1ccc(OC)cc1)CC(=O)Nc1ccc(F)cc1Cl. The summed E-state index contributed by atoms with van der Waals surface area (Å²) < 4.78 is 18.1. The molecule has 0 fully saturated rings. The van der Waals surface area contributed by atoms with Gasteiger partial charge in [-0.2, -0.15) is 0 Å². The van der Waals surface area contributed by atoms with E-state index < -0.39 is 5.82 Å². The minimum absolute atomic E-state index is 0.0836. The van der Waals surface area contributed by atoms with E-state index in [9.17, 15) is 14.0 Å². The average molecular weight is 395 g/mol. The standard InChI is InChI=1S/C19H21ClFN3O3/c1-3-24(11-18(25)22-14-5-7-15(27-2)8-6-14)12-19(26)23-17-9-4-13(21)10-16(17)20/h4-10H,3,11-12H2,1-2H3,(H,22,25)(H,23,26)/p+1. The van der Waals surface area contributed by atoms with Crippen molar-refractivity contribution in [2.45, 2.75) is 6.92 Å². The number of methoxy groups -OCH3 is 1. The van der Waals surface area contributed by atoms with Crippen molar-refractivity contribution in [3.8, 4) is 5.75 Å². The van der Waals surface area contributed by atoms with Crippen LogP contribution in [-0.4, -0.2) is 38.6 Å². The molecule has 0 aliphatic heterocycles. The number of nitrogens with one attached hydrogen (secondary N) is 3. The molecule has 27 heavy (non-hydrogen) atoms. The molecule has 3 N–H and O–H groups in total. The maximum Gasteiger partial charge on any atom is 0.279 e. The fourth-order valence-electron chi connectivity index (χ4n) is 2.43. The molecule has 0 aliphatic carbocycles. The largest absolute Gasteiger partial charge is 0.497 e. The van der Waals surface area contributed by atoms with E-state index in [1.165, 1.54) is 12.1 Å². The number of carbonyl (C=O) groups is 2. The van der Waals surface area contributed by atoms with Gasteiger partial charge in [0.1, 0.15) is 11.6 Å². The maximum absolute atomic E-state index is 13.1. The van der Waals surface area contributed by atoms with Crippen LogP contribution in [0, 0.1) is 5.82 Å². The van der Waals surface area contributed by atoms with Gasteiger partial charge in [-0.15, -0.1) is 0 Å². The molecule has 8 heteroatoms. The topological polar surface area (TPSA) is 71.9 Å². The second kappa shape index (κ2) is 9.89. The molecule has 0 bridgehead atoms. The number of halogens is 2. The Labute approximate surface area is 162 Å². The molecule has 0 saturated heterocycles. The van der Waals surface area contributed by atoms with Crippen molar-refractivity contribution in [3.63, 3.8) is 0 Å². The quantitative estimate of drug-likeness (QED) is 0.641. The Bertz CT molecular complexity index is 799. The predicted molar refractivity (Wildman–Crippen MR) is 103 cm³/mol. The van der Waals surface area contributed by atoms with Gasteiger partial charge < -0.3 is 20.3 Å². The van der Waals surface area contributed by atoms with Crippen molar-refractivity contribution >= 4 is 34.8 Å². The molecular formula is C19H22ClFN3O3+. The van der Waals surface area contributed by atoms with E-state index in [1.54, 1.807) is 31.4 Å². The third kappa shape index (κ3) is 6.54. The second-order valence-corrected chi connectivity index (χ2v) is 6.31. The fourth-order valence-corrected chi connectivity index (χ4v) is 2.65. The molecule has 2 aromatic rings. The minimum atomic E-state index is -0.478. The Morgan fingerprint density at radius 2 is 1.70 bits per heavy atom. The molecule has 0 radical (unpaired) electrons. The van der Waals surface area contributed by atoms with Crippen LogP contribution < -0.4 is 20.3 Å². The van der Waals surface area contributed by atoms with E-state index in [0.717, 1.165) is 11.0 Å². The van der Waals surface area contributed by atoms with E-state index in [4.69, 9.17) is 16.3 Å². The van der Waals surface area contributed by atoms with E-state index in [2.05, 4.69) is 10.6 Å². The third-order valence-electron chi connectivity index (χ3n) is 3.90. The van der Waals surface area contributed by atoms with Crippen LogP contribution >= 0.6 is 11.6 Å². The predicted octanol–water partition coefficient (Wildman–Crippen LogP) is 1.97. The van der Waals surface area contributed by atoms with Gasteiger partial charge in [0.25, 0.3) is 11.8 Å². The number of benzene rings is 2. The number of amides is 2. The van der Waals surface area contributed by atoms with Crippen LogP contribution in [0.25, 0.3) is 0 Å². The van der Waals surface area contributed by atoms with Crippen LogP contribution in [-0.2, 0) is 9.59 Å². The Morgan fingerprint density at radius 1 is 1.07 bits per heavy atom. The lowest BCUT2D eigenvalue weighted by atomic mass is 10.3. The normalized spacial score (nSPS) is 11.6. The number of carbonyl (C=O) groups excluding carboxylic acids is 2. The number of quaternary nitrogens is 1. The Hall–Kier alpha value is -2.64. The van der Waals surface area contributed by atoms with Crippen molar-refractivity contribution in [2.24, 2.45) is 0 Å². The summed E-state index contributed by atoms with van der Waals surface area (Å²) in [5, 5.41) is 5.54. The summed E-state index contributed by atoms with van der Waals surface area (Å²) in [5.41, 5.74) is 0.986. The summed E-state index contributed by atoms with van der Waals surface area (Å²) in [6.45, 7) is 2.68. The minimum Gasteiger partial charge on any atom is -0.497 e. The Kier molecular flexibility index (Phi) is 7.57. The number of rotatable bonds is 8. The molecule has 0 aromatic heterocycles. The molecule has 0 spiro atoms. The summed E-state index contributed by atoms with van der Waals surface area (Å²) in [7, 11) is 1.57. The number of anilines is 2. The highest BCUT2D eigenvalue weighted by molar-refractivity contribution is 6.33. The van der Waals surface area contributed by atoms with Crippen LogP contribution in [0.15, 0.2) is 42.5 Å². The van der Waals surface area contributed by atoms with Crippen molar-refractivity contribution in [2.75, 3.05) is 37.4 Å². The lowest BCUT2D eigenvalue weighted by Gasteiger charge is -2.17. The molecule has 6 nitrogen and oxygen atoms in total. The van der Waals surface area contributed by atoms with Crippen LogP contribution in [0.2, 0.25) is 5.02 Å². The molecule has 1 atom stereocenters. The molecule has 0 aliphatic rings. The smallest absolute Gasteiger partial charge is 0.279 e. The summed E-state index contributed by atoms with van der Waals surface area (Å²) in [6, 6.07) is 10.7. The first-order valence-corrected chi connectivity index (χ1v) is 8.81. The highest BCUT2D eigenvalue weighted by Crippen LogP contribution is 2.22. The first-order valence-electron chi connectivity index (χ1n) is 8.43. The Morgan fingerprint density at radius 3 is 2.26 bits per heavy atom. The first-order chi connectivity index (χ1) is 12.9. The van der Waals surface area contributed by atoms with Crippen LogP contribution in [0.1, 0.15) is 6.92 Å². The molecule has 0 saturated carbocycles. The lowest BCUT2D eigenvalue weighted by molar-refractivity contribution is -0.881. The van der Waals surface area contributed by atoms with Crippen LogP contribution in [0.5, 0.6) is 5.75 Å². The summed E-state index contributed by atoms with van der Waals surface area (Å²) >= 11 is 5.91. The summed E-state index contributed by atoms with van der Waals surface area (Å²) in [5.74, 6) is -0.291. The molecule has 2 aromatic carbocycles. The molecule has 2 rings (SSSR count). The van der Waals surface area contributed by atoms with Gasteiger partial charge in [-0.3, -0.25) is 9.59 Å². The van der Waals surface area contributed by atoms with Gasteiger partial charge in [0.05, 0.1) is 24.4 Å². The number of hydrogen-bond acceptors (Lipinski definition) is 3. The number of likely N-dealkylation sites (N-methyl/N-ethyl adjacent to an activating group) is 1. The zero-order chi connectivity index (χ0) is 19.8. The van der Waals surface area contributed by atoms with Gasteiger partial charge in [0.15, 0.2) is 13.1 Å². The van der Waals surface area contributed by atoms with Crippen molar-refractivity contribution < 1.29 is 23.6 Å². The lowest BCUT2D eigenvalue weighted by Crippen LogP contribution is -3.13. The molecule has 1 unspecified atom stereocenters. The molecule has 2 amide bonds. The highest BCUT2D eigenvalue weighted by atomic mass is 35.5. The van der Waals surface area contributed by atoms with E-state index in [1.807, 2.05) is 6.92 Å². The average Bonchev–Trinajstić information content (AvgIpc) is 2.64. The highest BCUT2D eigenvalue weighted by Gasteiger charge is 2.17. The fraction of sp³-hybridized carbons (Fsp3) is 0.263. The molecular weight excluding hydrogens is 373 g/mol. The van der Waals surface area contributed by atoms with Gasteiger partial charge in [-0.1, -0.05) is 11.6 Å². The van der Waals surface area contributed by atoms with Crippen molar-refractivity contribution in [1.82, 2.24) is 0 Å². The van der Waals surface area contributed by atoms with Gasteiger partial charge in [0.2, 0.25) is 0 Å². The maximum atomic E-state index is 13.1. The molecule has 144 valence electrons. The number of hydrogen-bond donors (Lipinski definition) is 3. The first kappa shape index (κ1) is 20.7. The van der Waals surface area contributed by atoms with Gasteiger partial charge in [-0.05, 0) is 49.4 Å². The van der Waals surface area contributed by atoms with E-state index in [-0.39, 0.29) is 29.9 Å². The summed E-state index contributed by atoms with van der Waals surface area (Å²) in [6.07, 6.45) is 0. The zero-order valence-corrected chi connectivity index (χ0v) is 15.9. The van der Waals surface area contributed by atoms with Gasteiger partial charge >= 0.3 is 0 Å². The monoisotopic (exact) mass is 394 g/mol. The van der Waals surface area contributed by atoms with Gasteiger partial charge in [-0.25, -0.2) is 4.39 Å². The van der Waals surface area contributed by atoms with Gasteiger partial charge in [0, 0.05) is 5.69 Å². The van der Waals surface area contributed by atoms with E-state index in [0.29, 0.717) is 23.7 Å². The third-order valence-corrected chi connectivity index (χ3v) is 4.21. The Balaban J connectivity index is 1.87. The number of ether oxygens (including phenoxy) is 1. The zero-order valence-electron chi connectivity index (χ0n) is 15.1. The van der Waals surface area contributed by atoms with Crippen LogP contribution in [0.4, 0.5) is 15.8 Å². The molecule has 0 heterocycles. The van der Waals surface area contributed by atoms with Crippen LogP contribution in [0.3, 0.4) is 0 Å². The summed E-state index contributed by atoms with van der Waals surface area (Å²) in [4.78, 5) is 25.2.